The third-order valence-electron chi connectivity index (χ3n) is 5.82. The first-order valence-corrected chi connectivity index (χ1v) is 11.4. The standard InChI is InChI=1S/C22H32F3N3O6/c1-2-34-20(33)21(28-17(29)15-11-8-12-26-15)13-14(21)9-6-4-3-5-7-10-16(18(30)31)27-19(32)22(23,24)25/h6,9-10,14-15,17,26,28-29H,2-5,7-8,11-13H2,1H3,(H,27,32)(H,30,31)/b9-6-,16-10-/t14-,15+,17?,21-/m1/s1. The van der Waals surface area contributed by atoms with Crippen LogP contribution in [0.5, 0.6) is 0 Å². The Morgan fingerprint density at radius 1 is 1.26 bits per heavy atom. The average Bonchev–Trinajstić information content (AvgIpc) is 3.18. The second kappa shape index (κ2) is 12.3. The Morgan fingerprint density at radius 3 is 2.56 bits per heavy atom. The highest BCUT2D eigenvalue weighted by molar-refractivity contribution is 5.94. The van der Waals surface area contributed by atoms with Crippen molar-refractivity contribution in [1.29, 1.82) is 0 Å². The number of hydrogen-bond acceptors (Lipinski definition) is 7. The van der Waals surface area contributed by atoms with Gasteiger partial charge in [-0.05, 0) is 58.4 Å². The normalized spacial score (nSPS) is 25.9. The average molecular weight is 492 g/mol. The summed E-state index contributed by atoms with van der Waals surface area (Å²) in [5.74, 6) is -4.53. The molecule has 2 aliphatic rings. The second-order valence-electron chi connectivity index (χ2n) is 8.38. The quantitative estimate of drug-likeness (QED) is 0.0864. The van der Waals surface area contributed by atoms with Crippen LogP contribution in [0.1, 0.15) is 51.9 Å². The topological polar surface area (TPSA) is 137 Å². The number of carboxylic acid groups (broad SMARTS) is 1. The molecule has 0 radical (unpaired) electrons. The maximum Gasteiger partial charge on any atom is 0.471 e. The lowest BCUT2D eigenvalue weighted by atomic mass is 10.1. The van der Waals surface area contributed by atoms with Gasteiger partial charge in [-0.15, -0.1) is 0 Å². The summed E-state index contributed by atoms with van der Waals surface area (Å²) in [4.78, 5) is 34.4. The first kappa shape index (κ1) is 27.8. The highest BCUT2D eigenvalue weighted by Crippen LogP contribution is 2.46. The Hall–Kier alpha value is -2.44. The van der Waals surface area contributed by atoms with Gasteiger partial charge in [0, 0.05) is 12.0 Å². The van der Waals surface area contributed by atoms with Crippen LogP contribution in [0.25, 0.3) is 0 Å². The van der Waals surface area contributed by atoms with E-state index in [4.69, 9.17) is 9.84 Å². The Balaban J connectivity index is 1.80. The van der Waals surface area contributed by atoms with Crippen LogP contribution in [0, 0.1) is 5.92 Å². The Morgan fingerprint density at radius 2 is 1.97 bits per heavy atom. The van der Waals surface area contributed by atoms with E-state index in [0.29, 0.717) is 25.7 Å². The molecule has 192 valence electrons. The minimum atomic E-state index is -5.17. The Bertz CT molecular complexity index is 795. The summed E-state index contributed by atoms with van der Waals surface area (Å²) in [6.07, 6.45) is 2.90. The number of aliphatic hydroxyl groups is 1. The van der Waals surface area contributed by atoms with Gasteiger partial charge in [0.1, 0.15) is 17.5 Å². The first-order chi connectivity index (χ1) is 16.0. The van der Waals surface area contributed by atoms with Crippen molar-refractivity contribution < 1.29 is 42.5 Å². The van der Waals surface area contributed by atoms with Crippen molar-refractivity contribution in [1.82, 2.24) is 16.0 Å². The molecule has 2 fully saturated rings. The molecule has 12 heteroatoms. The lowest BCUT2D eigenvalue weighted by Gasteiger charge is -2.25. The van der Waals surface area contributed by atoms with Gasteiger partial charge in [-0.2, -0.15) is 13.2 Å². The van der Waals surface area contributed by atoms with Gasteiger partial charge >= 0.3 is 24.0 Å². The molecule has 5 N–H and O–H groups in total. The van der Waals surface area contributed by atoms with Crippen LogP contribution in [0.2, 0.25) is 0 Å². The van der Waals surface area contributed by atoms with Gasteiger partial charge in [0.25, 0.3) is 0 Å². The molecule has 0 spiro atoms. The van der Waals surface area contributed by atoms with Crippen molar-refractivity contribution in [2.45, 2.75) is 75.9 Å². The highest BCUT2D eigenvalue weighted by atomic mass is 19.4. The van der Waals surface area contributed by atoms with Crippen LogP contribution in [-0.2, 0) is 19.1 Å². The lowest BCUT2D eigenvalue weighted by molar-refractivity contribution is -0.173. The van der Waals surface area contributed by atoms with Crippen molar-refractivity contribution in [3.63, 3.8) is 0 Å². The third-order valence-corrected chi connectivity index (χ3v) is 5.82. The summed E-state index contributed by atoms with van der Waals surface area (Å²) in [7, 11) is 0. The van der Waals surface area contributed by atoms with E-state index in [9.17, 15) is 32.7 Å². The molecule has 1 saturated heterocycles. The summed E-state index contributed by atoms with van der Waals surface area (Å²) >= 11 is 0. The first-order valence-electron chi connectivity index (χ1n) is 11.4. The monoisotopic (exact) mass is 491 g/mol. The van der Waals surface area contributed by atoms with Gasteiger partial charge in [-0.25, -0.2) is 4.79 Å². The number of carboxylic acids is 1. The fourth-order valence-electron chi connectivity index (χ4n) is 3.88. The molecule has 1 heterocycles. The molecular weight excluding hydrogens is 459 g/mol. The van der Waals surface area contributed by atoms with E-state index in [2.05, 4.69) is 10.6 Å². The summed E-state index contributed by atoms with van der Waals surface area (Å²) in [5, 5.41) is 27.0. The predicted octanol–water partition coefficient (Wildman–Crippen LogP) is 1.73. The van der Waals surface area contributed by atoms with Crippen molar-refractivity contribution in [2.75, 3.05) is 13.2 Å². The van der Waals surface area contributed by atoms with Crippen LogP contribution in [0.4, 0.5) is 13.2 Å². The molecular formula is C22H32F3N3O6. The van der Waals surface area contributed by atoms with Crippen LogP contribution >= 0.6 is 0 Å². The summed E-state index contributed by atoms with van der Waals surface area (Å²) in [6, 6.07) is -0.124. The number of alkyl halides is 3. The number of amides is 1. The molecule has 1 unspecified atom stereocenters. The minimum Gasteiger partial charge on any atom is -0.477 e. The number of esters is 1. The number of hydrogen-bond donors (Lipinski definition) is 5. The fourth-order valence-corrected chi connectivity index (χ4v) is 3.88. The number of ether oxygens (including phenoxy) is 1. The second-order valence-corrected chi connectivity index (χ2v) is 8.38. The Kier molecular flexibility index (Phi) is 10.1. The molecule has 1 amide bonds. The summed E-state index contributed by atoms with van der Waals surface area (Å²) in [5.41, 5.74) is -1.78. The molecule has 1 aliphatic heterocycles. The van der Waals surface area contributed by atoms with E-state index in [1.807, 2.05) is 12.2 Å². The van der Waals surface area contributed by atoms with E-state index in [1.165, 1.54) is 5.32 Å². The lowest BCUT2D eigenvalue weighted by Crippen LogP contribution is -2.54. The molecule has 9 nitrogen and oxygen atoms in total. The minimum absolute atomic E-state index is 0.124. The Labute approximate surface area is 195 Å². The fraction of sp³-hybridized carbons (Fsp3) is 0.682. The number of nitrogens with one attached hydrogen (secondary N) is 3. The zero-order chi connectivity index (χ0) is 25.4. The largest absolute Gasteiger partial charge is 0.477 e. The maximum absolute atomic E-state index is 12.5. The molecule has 34 heavy (non-hydrogen) atoms. The van der Waals surface area contributed by atoms with Gasteiger partial charge < -0.3 is 25.6 Å². The number of unbranched alkanes of at least 4 members (excludes halogenated alkanes) is 3. The molecule has 1 aliphatic carbocycles. The molecule has 0 aromatic rings. The zero-order valence-corrected chi connectivity index (χ0v) is 19.0. The van der Waals surface area contributed by atoms with Crippen LogP contribution in [-0.4, -0.2) is 65.2 Å². The van der Waals surface area contributed by atoms with Crippen LogP contribution in [0.15, 0.2) is 23.9 Å². The smallest absolute Gasteiger partial charge is 0.471 e. The van der Waals surface area contributed by atoms with E-state index >= 15 is 0 Å². The highest BCUT2D eigenvalue weighted by Gasteiger charge is 2.61. The number of rotatable bonds is 13. The maximum atomic E-state index is 12.5. The summed E-state index contributed by atoms with van der Waals surface area (Å²) in [6.45, 7) is 2.76. The van der Waals surface area contributed by atoms with Gasteiger partial charge in [-0.3, -0.25) is 14.9 Å². The number of carbonyl (C=O) groups excluding carboxylic acids is 2. The predicted molar refractivity (Wildman–Crippen MR) is 115 cm³/mol. The molecule has 0 aromatic carbocycles. The van der Waals surface area contributed by atoms with Crippen LogP contribution in [0.3, 0.4) is 0 Å². The SMILES string of the molecule is CCOC(=O)[C@@]1(NC(O)[C@@H]2CCCN2)C[C@H]1/C=C\CCCC/C=C(\NC(=O)C(F)(F)F)C(=O)O. The molecule has 1 saturated carbocycles. The number of aliphatic carboxylic acids is 1. The molecule has 2 rings (SSSR count). The van der Waals surface area contributed by atoms with E-state index < -0.39 is 41.5 Å². The molecule has 0 bridgehead atoms. The van der Waals surface area contributed by atoms with Gasteiger partial charge in [0.05, 0.1) is 6.61 Å². The summed E-state index contributed by atoms with van der Waals surface area (Å²) < 4.78 is 42.0. The van der Waals surface area contributed by atoms with Crippen molar-refractivity contribution in [2.24, 2.45) is 5.92 Å². The molecule has 0 aromatic heterocycles. The van der Waals surface area contributed by atoms with E-state index in [0.717, 1.165) is 25.5 Å². The van der Waals surface area contributed by atoms with Gasteiger partial charge in [0.2, 0.25) is 0 Å². The third kappa shape index (κ3) is 7.81. The number of aliphatic hydroxyl groups excluding tert-OH is 1. The van der Waals surface area contributed by atoms with Crippen molar-refractivity contribution in [3.05, 3.63) is 23.9 Å². The zero-order valence-electron chi connectivity index (χ0n) is 19.0. The molecule has 4 atom stereocenters. The van der Waals surface area contributed by atoms with Gasteiger partial charge in [0.15, 0.2) is 0 Å². The number of halogens is 3. The van der Waals surface area contributed by atoms with Crippen molar-refractivity contribution in [3.8, 4) is 0 Å². The van der Waals surface area contributed by atoms with Gasteiger partial charge in [-0.1, -0.05) is 18.2 Å². The van der Waals surface area contributed by atoms with Crippen LogP contribution < -0.4 is 16.0 Å². The number of allylic oxidation sites excluding steroid dienone is 2. The van der Waals surface area contributed by atoms with E-state index in [1.54, 1.807) is 6.92 Å². The number of carbonyl (C=O) groups is 3. The van der Waals surface area contributed by atoms with E-state index in [-0.39, 0.29) is 25.0 Å². The van der Waals surface area contributed by atoms with Crippen molar-refractivity contribution >= 4 is 17.8 Å².